The first-order valence-electron chi connectivity index (χ1n) is 5.17. The van der Waals surface area contributed by atoms with E-state index in [1.807, 2.05) is 13.8 Å². The molecule has 0 saturated heterocycles. The van der Waals surface area contributed by atoms with Crippen molar-refractivity contribution in [1.29, 1.82) is 0 Å². The van der Waals surface area contributed by atoms with Gasteiger partial charge in [0.2, 0.25) is 0 Å². The number of carbonyl (C=O) groups excluding carboxylic acids is 2. The second-order valence-electron chi connectivity index (χ2n) is 3.89. The van der Waals surface area contributed by atoms with Crippen LogP contribution in [0.5, 0.6) is 0 Å². The predicted octanol–water partition coefficient (Wildman–Crippen LogP) is 2.42. The summed E-state index contributed by atoms with van der Waals surface area (Å²) in [7, 11) is 0. The highest BCUT2D eigenvalue weighted by atomic mass is 16.2. The van der Waals surface area contributed by atoms with Crippen molar-refractivity contribution >= 4 is 17.5 Å². The molecule has 0 aliphatic heterocycles. The van der Waals surface area contributed by atoms with E-state index in [1.165, 1.54) is 6.92 Å². The fourth-order valence-corrected chi connectivity index (χ4v) is 1.25. The number of hydrogen-bond acceptors (Lipinski definition) is 2. The zero-order valence-corrected chi connectivity index (χ0v) is 9.70. The standard InChI is InChI=1S/C12H16N2O2/c1-8(2)13-12(16)14-11-6-4-5-10(7-11)9(3)15/h4-8H,1-3H3,(H2,13,14,16). The summed E-state index contributed by atoms with van der Waals surface area (Å²) in [6, 6.07) is 6.66. The monoisotopic (exact) mass is 220 g/mol. The number of carbonyl (C=O) groups is 2. The van der Waals surface area contributed by atoms with Crippen molar-refractivity contribution in [1.82, 2.24) is 5.32 Å². The molecule has 0 fully saturated rings. The van der Waals surface area contributed by atoms with Crippen LogP contribution in [0, 0.1) is 0 Å². The number of hydrogen-bond donors (Lipinski definition) is 2. The van der Waals surface area contributed by atoms with Crippen LogP contribution >= 0.6 is 0 Å². The summed E-state index contributed by atoms with van der Waals surface area (Å²) in [5.41, 5.74) is 1.20. The largest absolute Gasteiger partial charge is 0.336 e. The Morgan fingerprint density at radius 2 is 1.94 bits per heavy atom. The van der Waals surface area contributed by atoms with Crippen molar-refractivity contribution in [3.8, 4) is 0 Å². The zero-order chi connectivity index (χ0) is 12.1. The summed E-state index contributed by atoms with van der Waals surface area (Å²) in [6.45, 7) is 5.25. The van der Waals surface area contributed by atoms with E-state index in [1.54, 1.807) is 24.3 Å². The number of rotatable bonds is 3. The van der Waals surface area contributed by atoms with Crippen molar-refractivity contribution in [3.63, 3.8) is 0 Å². The zero-order valence-electron chi connectivity index (χ0n) is 9.70. The molecule has 0 aromatic heterocycles. The molecule has 1 rings (SSSR count). The molecule has 16 heavy (non-hydrogen) atoms. The van der Waals surface area contributed by atoms with Gasteiger partial charge >= 0.3 is 6.03 Å². The minimum absolute atomic E-state index is 0.0204. The second kappa shape index (κ2) is 5.30. The number of benzene rings is 1. The molecule has 4 heteroatoms. The molecule has 0 heterocycles. The lowest BCUT2D eigenvalue weighted by atomic mass is 10.1. The number of urea groups is 1. The first-order chi connectivity index (χ1) is 7.49. The van der Waals surface area contributed by atoms with Crippen LogP contribution in [0.3, 0.4) is 0 Å². The molecule has 0 saturated carbocycles. The predicted molar refractivity (Wildman–Crippen MR) is 63.7 cm³/mol. The van der Waals surface area contributed by atoms with E-state index in [4.69, 9.17) is 0 Å². The molecule has 1 aromatic carbocycles. The fraction of sp³-hybridized carbons (Fsp3) is 0.333. The Labute approximate surface area is 95.0 Å². The van der Waals surface area contributed by atoms with E-state index in [2.05, 4.69) is 10.6 Å². The van der Waals surface area contributed by atoms with Gasteiger partial charge in [0.15, 0.2) is 5.78 Å². The lowest BCUT2D eigenvalue weighted by molar-refractivity contribution is 0.101. The molecule has 0 atom stereocenters. The third-order valence-electron chi connectivity index (χ3n) is 1.95. The van der Waals surface area contributed by atoms with Crippen molar-refractivity contribution in [2.24, 2.45) is 0 Å². The van der Waals surface area contributed by atoms with Gasteiger partial charge in [-0.3, -0.25) is 4.79 Å². The van der Waals surface area contributed by atoms with Crippen molar-refractivity contribution in [2.45, 2.75) is 26.8 Å². The molecular weight excluding hydrogens is 204 g/mol. The van der Waals surface area contributed by atoms with Gasteiger partial charge in [0.25, 0.3) is 0 Å². The Hall–Kier alpha value is -1.84. The van der Waals surface area contributed by atoms with E-state index in [0.717, 1.165) is 0 Å². The van der Waals surface area contributed by atoms with Crippen LogP contribution in [0.15, 0.2) is 24.3 Å². The molecule has 2 N–H and O–H groups in total. The fourth-order valence-electron chi connectivity index (χ4n) is 1.25. The first kappa shape index (κ1) is 12.2. The van der Waals surface area contributed by atoms with Gasteiger partial charge < -0.3 is 10.6 Å². The van der Waals surface area contributed by atoms with Crippen molar-refractivity contribution in [2.75, 3.05) is 5.32 Å². The molecule has 4 nitrogen and oxygen atoms in total. The van der Waals surface area contributed by atoms with E-state index in [-0.39, 0.29) is 17.9 Å². The number of ketones is 1. The van der Waals surface area contributed by atoms with Gasteiger partial charge in [0.05, 0.1) is 0 Å². The molecule has 0 radical (unpaired) electrons. The smallest absolute Gasteiger partial charge is 0.319 e. The second-order valence-corrected chi connectivity index (χ2v) is 3.89. The highest BCUT2D eigenvalue weighted by Gasteiger charge is 2.05. The summed E-state index contributed by atoms with van der Waals surface area (Å²) in [5, 5.41) is 5.37. The van der Waals surface area contributed by atoms with Crippen LogP contribution in [0.25, 0.3) is 0 Å². The molecular formula is C12H16N2O2. The van der Waals surface area contributed by atoms with Crippen LogP contribution in [0.4, 0.5) is 10.5 Å². The number of nitrogens with one attached hydrogen (secondary N) is 2. The molecule has 2 amide bonds. The van der Waals surface area contributed by atoms with E-state index >= 15 is 0 Å². The van der Waals surface area contributed by atoms with Crippen LogP contribution in [0.2, 0.25) is 0 Å². The number of amides is 2. The van der Waals surface area contributed by atoms with Crippen molar-refractivity contribution < 1.29 is 9.59 Å². The minimum Gasteiger partial charge on any atom is -0.336 e. The number of Topliss-reactive ketones (excluding diaryl/α,β-unsaturated/α-hetero) is 1. The average Bonchev–Trinajstić information content (AvgIpc) is 2.16. The normalized spacial score (nSPS) is 10.0. The highest BCUT2D eigenvalue weighted by molar-refractivity contribution is 5.96. The highest BCUT2D eigenvalue weighted by Crippen LogP contribution is 2.10. The summed E-state index contributed by atoms with van der Waals surface area (Å²) >= 11 is 0. The van der Waals surface area contributed by atoms with Gasteiger partial charge in [-0.25, -0.2) is 4.79 Å². The molecule has 86 valence electrons. The van der Waals surface area contributed by atoms with Crippen LogP contribution in [-0.4, -0.2) is 17.9 Å². The Morgan fingerprint density at radius 3 is 2.50 bits per heavy atom. The van der Waals surface area contributed by atoms with Gasteiger partial charge in [-0.05, 0) is 32.9 Å². The lowest BCUT2D eigenvalue weighted by Crippen LogP contribution is -2.34. The Bertz CT molecular complexity index is 400. The maximum Gasteiger partial charge on any atom is 0.319 e. The lowest BCUT2D eigenvalue weighted by Gasteiger charge is -2.10. The van der Waals surface area contributed by atoms with E-state index in [0.29, 0.717) is 11.3 Å². The molecule has 0 spiro atoms. The Kier molecular flexibility index (Phi) is 4.05. The molecule has 0 bridgehead atoms. The maximum absolute atomic E-state index is 11.4. The van der Waals surface area contributed by atoms with Crippen molar-refractivity contribution in [3.05, 3.63) is 29.8 Å². The SMILES string of the molecule is CC(=O)c1cccc(NC(=O)NC(C)C)c1. The summed E-state index contributed by atoms with van der Waals surface area (Å²) < 4.78 is 0. The van der Waals surface area contributed by atoms with E-state index in [9.17, 15) is 9.59 Å². The topological polar surface area (TPSA) is 58.2 Å². The van der Waals surface area contributed by atoms with Gasteiger partial charge in [-0.15, -0.1) is 0 Å². The molecule has 0 unspecified atom stereocenters. The third-order valence-corrected chi connectivity index (χ3v) is 1.95. The van der Waals surface area contributed by atoms with E-state index < -0.39 is 0 Å². The van der Waals surface area contributed by atoms with Gasteiger partial charge in [0, 0.05) is 17.3 Å². The first-order valence-corrected chi connectivity index (χ1v) is 5.17. The average molecular weight is 220 g/mol. The quantitative estimate of drug-likeness (QED) is 0.768. The van der Waals surface area contributed by atoms with Gasteiger partial charge in [0.1, 0.15) is 0 Å². The summed E-state index contributed by atoms with van der Waals surface area (Å²) in [5.74, 6) is -0.0204. The Morgan fingerprint density at radius 1 is 1.25 bits per heavy atom. The maximum atomic E-state index is 11.4. The van der Waals surface area contributed by atoms with Gasteiger partial charge in [-0.1, -0.05) is 12.1 Å². The molecule has 0 aliphatic rings. The molecule has 0 aliphatic carbocycles. The van der Waals surface area contributed by atoms with Crippen LogP contribution in [0.1, 0.15) is 31.1 Å². The van der Waals surface area contributed by atoms with Crippen LogP contribution in [-0.2, 0) is 0 Å². The molecule has 1 aromatic rings. The summed E-state index contributed by atoms with van der Waals surface area (Å²) in [4.78, 5) is 22.5. The Balaban J connectivity index is 2.70. The minimum atomic E-state index is -0.268. The van der Waals surface area contributed by atoms with Crippen LogP contribution < -0.4 is 10.6 Å². The third kappa shape index (κ3) is 3.73. The number of anilines is 1. The summed E-state index contributed by atoms with van der Waals surface area (Å²) in [6.07, 6.45) is 0. The van der Waals surface area contributed by atoms with Gasteiger partial charge in [-0.2, -0.15) is 0 Å².